The van der Waals surface area contributed by atoms with E-state index in [-0.39, 0.29) is 12.0 Å². The molecule has 1 unspecified atom stereocenters. The van der Waals surface area contributed by atoms with Crippen molar-refractivity contribution in [1.29, 1.82) is 0 Å². The van der Waals surface area contributed by atoms with Gasteiger partial charge in [-0.25, -0.2) is 5.09 Å². The lowest BCUT2D eigenvalue weighted by Gasteiger charge is -2.12. The first-order chi connectivity index (χ1) is 4.98. The molecule has 0 amide bonds. The van der Waals surface area contributed by atoms with Crippen LogP contribution in [0.15, 0.2) is 0 Å². The Bertz CT molecular complexity index is 152. The molecule has 3 nitrogen and oxygen atoms in total. The van der Waals surface area contributed by atoms with E-state index in [9.17, 15) is 4.57 Å². The third kappa shape index (κ3) is 6.82. The van der Waals surface area contributed by atoms with Crippen LogP contribution in [0.5, 0.6) is 0 Å². The molecule has 0 saturated carbocycles. The highest BCUT2D eigenvalue weighted by Gasteiger charge is 2.15. The van der Waals surface area contributed by atoms with Gasteiger partial charge in [0.15, 0.2) is 0 Å². The van der Waals surface area contributed by atoms with Crippen LogP contribution < -0.4 is 5.09 Å². The summed E-state index contributed by atoms with van der Waals surface area (Å²) in [5, 5.41) is 2.59. The van der Waals surface area contributed by atoms with Crippen molar-refractivity contribution in [3.8, 4) is 0 Å². The second-order valence-corrected chi connectivity index (χ2v) is 5.41. The standard InChI is InChI=1S/C6H15ClNO2P/c1-6(2)5-8-11(9,10)4-3-7/h6H,3-5H2,1-2H3,(H2,8,9,10). The average molecular weight is 200 g/mol. The fourth-order valence-corrected chi connectivity index (χ4v) is 2.24. The molecule has 0 rings (SSSR count). The molecule has 0 aromatic rings. The third-order valence-corrected chi connectivity index (χ3v) is 3.09. The Morgan fingerprint density at radius 3 is 2.55 bits per heavy atom. The van der Waals surface area contributed by atoms with Gasteiger partial charge in [-0.05, 0) is 5.92 Å². The quantitative estimate of drug-likeness (QED) is 0.523. The fourth-order valence-electron chi connectivity index (χ4n) is 0.519. The van der Waals surface area contributed by atoms with E-state index in [2.05, 4.69) is 5.09 Å². The smallest absolute Gasteiger partial charge is 0.268 e. The van der Waals surface area contributed by atoms with Gasteiger partial charge in [-0.3, -0.25) is 4.57 Å². The molecule has 0 spiro atoms. The zero-order chi connectivity index (χ0) is 8.91. The van der Waals surface area contributed by atoms with Crippen molar-refractivity contribution in [2.45, 2.75) is 13.8 Å². The molecule has 0 aromatic heterocycles. The average Bonchev–Trinajstić information content (AvgIpc) is 1.84. The Morgan fingerprint density at radius 1 is 1.64 bits per heavy atom. The summed E-state index contributed by atoms with van der Waals surface area (Å²) < 4.78 is 11.1. The molecule has 0 heterocycles. The van der Waals surface area contributed by atoms with Crippen molar-refractivity contribution in [2.24, 2.45) is 5.92 Å². The minimum atomic E-state index is -3.13. The number of alkyl halides is 1. The van der Waals surface area contributed by atoms with E-state index in [1.165, 1.54) is 0 Å². The summed E-state index contributed by atoms with van der Waals surface area (Å²) in [5.41, 5.74) is 0. The summed E-state index contributed by atoms with van der Waals surface area (Å²) in [6.07, 6.45) is 0.140. The van der Waals surface area contributed by atoms with Crippen LogP contribution in [0.2, 0.25) is 0 Å². The zero-order valence-electron chi connectivity index (χ0n) is 6.88. The number of hydrogen-bond acceptors (Lipinski definition) is 1. The maximum absolute atomic E-state index is 11.1. The number of rotatable bonds is 5. The van der Waals surface area contributed by atoms with E-state index in [4.69, 9.17) is 16.5 Å². The lowest BCUT2D eigenvalue weighted by molar-refractivity contribution is 0.456. The van der Waals surface area contributed by atoms with Crippen molar-refractivity contribution >= 4 is 19.1 Å². The van der Waals surface area contributed by atoms with E-state index in [0.29, 0.717) is 12.5 Å². The minimum absolute atomic E-state index is 0.140. The van der Waals surface area contributed by atoms with Crippen molar-refractivity contribution in [3.05, 3.63) is 0 Å². The Labute approximate surface area is 72.6 Å². The molecule has 0 aliphatic rings. The van der Waals surface area contributed by atoms with Crippen molar-refractivity contribution in [3.63, 3.8) is 0 Å². The number of halogens is 1. The van der Waals surface area contributed by atoms with E-state index >= 15 is 0 Å². The van der Waals surface area contributed by atoms with Crippen LogP contribution in [0.4, 0.5) is 0 Å². The first kappa shape index (κ1) is 11.4. The molecule has 0 saturated heterocycles. The van der Waals surface area contributed by atoms with Gasteiger partial charge < -0.3 is 4.89 Å². The third-order valence-electron chi connectivity index (χ3n) is 1.13. The van der Waals surface area contributed by atoms with Crippen LogP contribution in [-0.2, 0) is 4.57 Å². The molecule has 0 aliphatic heterocycles. The summed E-state index contributed by atoms with van der Waals surface area (Å²) in [7, 11) is -3.13. The lowest BCUT2D eigenvalue weighted by Crippen LogP contribution is -2.18. The summed E-state index contributed by atoms with van der Waals surface area (Å²) in [5.74, 6) is 0.601. The Morgan fingerprint density at radius 2 is 2.18 bits per heavy atom. The normalized spacial score (nSPS) is 16.8. The molecule has 5 heteroatoms. The van der Waals surface area contributed by atoms with Crippen LogP contribution in [-0.4, -0.2) is 23.5 Å². The monoisotopic (exact) mass is 199 g/mol. The Kier molecular flexibility index (Phi) is 5.36. The maximum atomic E-state index is 11.1. The molecule has 1 atom stereocenters. The van der Waals surface area contributed by atoms with Gasteiger partial charge in [-0.1, -0.05) is 13.8 Å². The number of hydrogen-bond donors (Lipinski definition) is 2. The summed E-state index contributed by atoms with van der Waals surface area (Å²) in [4.78, 5) is 9.12. The van der Waals surface area contributed by atoms with Crippen LogP contribution in [0.3, 0.4) is 0 Å². The minimum Gasteiger partial charge on any atom is -0.333 e. The highest BCUT2D eigenvalue weighted by Crippen LogP contribution is 2.34. The molecule has 0 aromatic carbocycles. The zero-order valence-corrected chi connectivity index (χ0v) is 8.53. The van der Waals surface area contributed by atoms with Gasteiger partial charge >= 0.3 is 0 Å². The molecule has 11 heavy (non-hydrogen) atoms. The van der Waals surface area contributed by atoms with Gasteiger partial charge in [0.05, 0.1) is 6.16 Å². The van der Waals surface area contributed by atoms with Gasteiger partial charge in [0.1, 0.15) is 0 Å². The Hall–Kier alpha value is 0.440. The van der Waals surface area contributed by atoms with E-state index < -0.39 is 7.52 Å². The molecular weight excluding hydrogens is 184 g/mol. The Balaban J connectivity index is 3.64. The first-order valence-corrected chi connectivity index (χ1v) is 5.99. The molecule has 0 radical (unpaired) electrons. The molecule has 68 valence electrons. The second-order valence-electron chi connectivity index (χ2n) is 2.87. The predicted molar refractivity (Wildman–Crippen MR) is 48.3 cm³/mol. The van der Waals surface area contributed by atoms with Crippen molar-refractivity contribution < 1.29 is 9.46 Å². The van der Waals surface area contributed by atoms with Crippen LogP contribution in [0.1, 0.15) is 13.8 Å². The fraction of sp³-hybridized carbons (Fsp3) is 1.00. The SMILES string of the molecule is CC(C)CNP(=O)(O)CCCl. The predicted octanol–water partition coefficient (Wildman–Crippen LogP) is 1.66. The molecule has 0 bridgehead atoms. The molecular formula is C6H15ClNO2P. The number of nitrogens with one attached hydrogen (secondary N) is 1. The van der Waals surface area contributed by atoms with E-state index in [1.807, 2.05) is 13.8 Å². The second kappa shape index (κ2) is 5.15. The molecule has 2 N–H and O–H groups in total. The summed E-state index contributed by atoms with van der Waals surface area (Å²) in [6, 6.07) is 0. The summed E-state index contributed by atoms with van der Waals surface area (Å²) >= 11 is 5.33. The largest absolute Gasteiger partial charge is 0.333 e. The highest BCUT2D eigenvalue weighted by atomic mass is 35.5. The van der Waals surface area contributed by atoms with Crippen LogP contribution >= 0.6 is 19.1 Å². The highest BCUT2D eigenvalue weighted by molar-refractivity contribution is 7.55. The van der Waals surface area contributed by atoms with Crippen LogP contribution in [0, 0.1) is 5.92 Å². The van der Waals surface area contributed by atoms with Gasteiger partial charge in [0.25, 0.3) is 7.52 Å². The molecule has 0 fully saturated rings. The lowest BCUT2D eigenvalue weighted by atomic mass is 10.2. The maximum Gasteiger partial charge on any atom is 0.268 e. The van der Waals surface area contributed by atoms with Crippen molar-refractivity contribution in [2.75, 3.05) is 18.6 Å². The topological polar surface area (TPSA) is 49.3 Å². The van der Waals surface area contributed by atoms with Gasteiger partial charge in [-0.2, -0.15) is 0 Å². The van der Waals surface area contributed by atoms with Crippen LogP contribution in [0.25, 0.3) is 0 Å². The first-order valence-electron chi connectivity index (χ1n) is 3.61. The van der Waals surface area contributed by atoms with Gasteiger partial charge in [0, 0.05) is 12.4 Å². The van der Waals surface area contributed by atoms with E-state index in [0.717, 1.165) is 0 Å². The van der Waals surface area contributed by atoms with Gasteiger partial charge in [0.2, 0.25) is 0 Å². The summed E-state index contributed by atoms with van der Waals surface area (Å²) in [6.45, 7) is 4.52. The van der Waals surface area contributed by atoms with Gasteiger partial charge in [-0.15, -0.1) is 11.6 Å². The molecule has 0 aliphatic carbocycles. The van der Waals surface area contributed by atoms with E-state index in [1.54, 1.807) is 0 Å². The van der Waals surface area contributed by atoms with Crippen molar-refractivity contribution in [1.82, 2.24) is 5.09 Å².